The fraction of sp³-hybridized carbons (Fsp3) is 0.0588. The van der Waals surface area contributed by atoms with Gasteiger partial charge in [-0.1, -0.05) is 29.4 Å². The Morgan fingerprint density at radius 2 is 1.62 bits per heavy atom. The van der Waals surface area contributed by atoms with Crippen molar-refractivity contribution >= 4 is 18.3 Å². The van der Waals surface area contributed by atoms with Gasteiger partial charge in [-0.05, 0) is 29.3 Å². The number of carboxylic acids is 1. The SMILES string of the molecule is O=C(O)/C=C/c1ccc(C=NOC(F)(F)c2ccc(F)c(F)c2F)cc1. The molecule has 0 spiro atoms. The van der Waals surface area contributed by atoms with Crippen LogP contribution in [0.3, 0.4) is 0 Å². The Hall–Kier alpha value is -3.23. The maximum absolute atomic E-state index is 13.7. The van der Waals surface area contributed by atoms with Gasteiger partial charge in [0.1, 0.15) is 5.56 Å². The van der Waals surface area contributed by atoms with Gasteiger partial charge in [0, 0.05) is 6.08 Å². The summed E-state index contributed by atoms with van der Waals surface area (Å²) in [5.74, 6) is -6.85. The number of hydrogen-bond donors (Lipinski definition) is 1. The minimum absolute atomic E-state index is 0.319. The highest BCUT2D eigenvalue weighted by Gasteiger charge is 2.39. The van der Waals surface area contributed by atoms with E-state index in [9.17, 15) is 26.7 Å². The highest BCUT2D eigenvalue weighted by Crippen LogP contribution is 2.33. The van der Waals surface area contributed by atoms with Gasteiger partial charge in [0.15, 0.2) is 17.5 Å². The van der Waals surface area contributed by atoms with Gasteiger partial charge < -0.3 is 9.94 Å². The van der Waals surface area contributed by atoms with E-state index in [0.717, 1.165) is 12.3 Å². The van der Waals surface area contributed by atoms with E-state index in [1.165, 1.54) is 30.3 Å². The topological polar surface area (TPSA) is 58.9 Å². The second-order valence-electron chi connectivity index (χ2n) is 4.90. The molecule has 136 valence electrons. The van der Waals surface area contributed by atoms with E-state index in [1.54, 1.807) is 0 Å². The molecule has 0 aliphatic rings. The zero-order valence-electron chi connectivity index (χ0n) is 12.8. The van der Waals surface area contributed by atoms with Crippen molar-refractivity contribution in [3.05, 3.63) is 76.6 Å². The first kappa shape index (κ1) is 19.1. The van der Waals surface area contributed by atoms with E-state index < -0.39 is 35.1 Å². The van der Waals surface area contributed by atoms with Crippen LogP contribution >= 0.6 is 0 Å². The van der Waals surface area contributed by atoms with Crippen LogP contribution in [0.5, 0.6) is 0 Å². The van der Waals surface area contributed by atoms with Gasteiger partial charge in [-0.3, -0.25) is 0 Å². The molecule has 0 heterocycles. The average Bonchev–Trinajstić information content (AvgIpc) is 2.58. The molecule has 0 saturated heterocycles. The number of oxime groups is 1. The number of carboxylic acid groups (broad SMARTS) is 1. The van der Waals surface area contributed by atoms with Crippen LogP contribution in [0, 0.1) is 17.5 Å². The number of nitrogens with zero attached hydrogens (tertiary/aromatic N) is 1. The lowest BCUT2D eigenvalue weighted by Crippen LogP contribution is -2.18. The molecule has 2 aromatic carbocycles. The van der Waals surface area contributed by atoms with Crippen LogP contribution in [0.1, 0.15) is 16.7 Å². The fourth-order valence-corrected chi connectivity index (χ4v) is 1.81. The number of aliphatic carboxylic acids is 1. The van der Waals surface area contributed by atoms with Crippen molar-refractivity contribution in [2.75, 3.05) is 0 Å². The molecule has 0 unspecified atom stereocenters. The van der Waals surface area contributed by atoms with E-state index in [-0.39, 0.29) is 0 Å². The lowest BCUT2D eigenvalue weighted by molar-refractivity contribution is -0.250. The molecule has 0 fully saturated rings. The maximum Gasteiger partial charge on any atom is 0.449 e. The molecule has 4 nitrogen and oxygen atoms in total. The second-order valence-corrected chi connectivity index (χ2v) is 4.90. The highest BCUT2D eigenvalue weighted by molar-refractivity contribution is 5.85. The second kappa shape index (κ2) is 7.77. The van der Waals surface area contributed by atoms with E-state index in [2.05, 4.69) is 9.99 Å². The molecule has 2 aromatic rings. The summed E-state index contributed by atoms with van der Waals surface area (Å²) in [5, 5.41) is 11.5. The summed E-state index contributed by atoms with van der Waals surface area (Å²) in [6.07, 6.45) is -1.20. The average molecular weight is 371 g/mol. The van der Waals surface area contributed by atoms with Crippen LogP contribution in [-0.4, -0.2) is 17.3 Å². The molecule has 0 radical (unpaired) electrons. The summed E-state index contributed by atoms with van der Waals surface area (Å²) in [5.41, 5.74) is -0.638. The number of rotatable bonds is 6. The maximum atomic E-state index is 13.7. The van der Waals surface area contributed by atoms with Crippen LogP contribution in [-0.2, 0) is 15.7 Å². The van der Waals surface area contributed by atoms with Crippen molar-refractivity contribution in [2.24, 2.45) is 5.16 Å². The molecule has 26 heavy (non-hydrogen) atoms. The summed E-state index contributed by atoms with van der Waals surface area (Å²) in [7, 11) is 0. The first-order valence-corrected chi connectivity index (χ1v) is 6.95. The summed E-state index contributed by atoms with van der Waals surface area (Å²) in [6, 6.07) is 6.56. The standard InChI is InChI=1S/C17H10F5NO3/c18-13-7-6-12(15(19)16(13)20)17(21,22)26-23-9-11-3-1-10(2-4-11)5-8-14(24)25/h1-9H,(H,24,25)/b8-5+,23-9?. The van der Waals surface area contributed by atoms with Crippen molar-refractivity contribution in [3.8, 4) is 0 Å². The fourth-order valence-electron chi connectivity index (χ4n) is 1.81. The van der Waals surface area contributed by atoms with Crippen molar-refractivity contribution < 1.29 is 36.7 Å². The molecular weight excluding hydrogens is 361 g/mol. The van der Waals surface area contributed by atoms with Crippen molar-refractivity contribution in [1.82, 2.24) is 0 Å². The van der Waals surface area contributed by atoms with Gasteiger partial charge >= 0.3 is 12.1 Å². The van der Waals surface area contributed by atoms with Gasteiger partial charge in [0.25, 0.3) is 0 Å². The van der Waals surface area contributed by atoms with Gasteiger partial charge in [-0.15, -0.1) is 0 Å². The molecule has 9 heteroatoms. The third kappa shape index (κ3) is 4.65. The minimum atomic E-state index is -4.32. The summed E-state index contributed by atoms with van der Waals surface area (Å²) >= 11 is 0. The molecule has 0 saturated carbocycles. The zero-order chi connectivity index (χ0) is 19.3. The predicted molar refractivity (Wildman–Crippen MR) is 82.0 cm³/mol. The van der Waals surface area contributed by atoms with Crippen LogP contribution in [0.15, 0.2) is 47.6 Å². The Kier molecular flexibility index (Phi) is 5.71. The van der Waals surface area contributed by atoms with E-state index in [0.29, 0.717) is 23.3 Å². The van der Waals surface area contributed by atoms with Gasteiger partial charge in [-0.25, -0.2) is 18.0 Å². The third-order valence-electron chi connectivity index (χ3n) is 3.07. The van der Waals surface area contributed by atoms with Crippen molar-refractivity contribution in [1.29, 1.82) is 0 Å². The lowest BCUT2D eigenvalue weighted by Gasteiger charge is -2.14. The van der Waals surface area contributed by atoms with Crippen LogP contribution < -0.4 is 0 Å². The van der Waals surface area contributed by atoms with Crippen molar-refractivity contribution in [2.45, 2.75) is 6.11 Å². The van der Waals surface area contributed by atoms with E-state index in [1.807, 2.05) is 0 Å². The zero-order valence-corrected chi connectivity index (χ0v) is 12.8. The van der Waals surface area contributed by atoms with Gasteiger partial charge in [0.05, 0.1) is 6.21 Å². The molecule has 0 aliphatic heterocycles. The Morgan fingerprint density at radius 1 is 1.00 bits per heavy atom. The van der Waals surface area contributed by atoms with Gasteiger partial charge in [0.2, 0.25) is 0 Å². The first-order valence-electron chi connectivity index (χ1n) is 6.95. The molecule has 0 aliphatic carbocycles. The molecular formula is C17H10F5NO3. The van der Waals surface area contributed by atoms with Crippen molar-refractivity contribution in [3.63, 3.8) is 0 Å². The lowest BCUT2D eigenvalue weighted by atomic mass is 10.1. The van der Waals surface area contributed by atoms with E-state index in [4.69, 9.17) is 5.11 Å². The minimum Gasteiger partial charge on any atom is -0.478 e. The Labute approximate surface area is 143 Å². The summed E-state index contributed by atoms with van der Waals surface area (Å²) < 4.78 is 66.7. The molecule has 2 rings (SSSR count). The third-order valence-corrected chi connectivity index (χ3v) is 3.07. The smallest absolute Gasteiger partial charge is 0.449 e. The predicted octanol–water partition coefficient (Wildman–Crippen LogP) is 4.30. The molecule has 0 bridgehead atoms. The Balaban J connectivity index is 2.09. The Bertz CT molecular complexity index is 863. The summed E-state index contributed by atoms with van der Waals surface area (Å²) in [4.78, 5) is 14.3. The normalized spacial score (nSPS) is 12.0. The highest BCUT2D eigenvalue weighted by atomic mass is 19.3. The Morgan fingerprint density at radius 3 is 2.23 bits per heavy atom. The number of alkyl halides is 2. The number of benzene rings is 2. The molecule has 0 aromatic heterocycles. The molecule has 0 atom stereocenters. The summed E-state index contributed by atoms with van der Waals surface area (Å²) in [6.45, 7) is 0. The first-order chi connectivity index (χ1) is 12.2. The molecule has 1 N–H and O–H groups in total. The van der Waals surface area contributed by atoms with Crippen LogP contribution in [0.25, 0.3) is 6.08 Å². The monoisotopic (exact) mass is 371 g/mol. The van der Waals surface area contributed by atoms with Gasteiger partial charge in [-0.2, -0.15) is 8.78 Å². The number of halogens is 5. The number of carbonyl (C=O) groups is 1. The van der Waals surface area contributed by atoms with Crippen LogP contribution in [0.4, 0.5) is 22.0 Å². The quantitative estimate of drug-likeness (QED) is 0.271. The largest absolute Gasteiger partial charge is 0.478 e. The number of hydrogen-bond acceptors (Lipinski definition) is 3. The van der Waals surface area contributed by atoms with E-state index >= 15 is 0 Å². The molecule has 0 amide bonds. The van der Waals surface area contributed by atoms with Crippen LogP contribution in [0.2, 0.25) is 0 Å².